The van der Waals surface area contributed by atoms with E-state index in [1.807, 2.05) is 47.4 Å². The highest BCUT2D eigenvalue weighted by Gasteiger charge is 2.34. The molecule has 0 saturated carbocycles. The molecule has 0 spiro atoms. The van der Waals surface area contributed by atoms with Crippen molar-refractivity contribution in [3.63, 3.8) is 0 Å². The molecule has 1 amide bonds. The number of nitrogens with one attached hydrogen (secondary N) is 1. The van der Waals surface area contributed by atoms with Gasteiger partial charge in [-0.25, -0.2) is 0 Å². The van der Waals surface area contributed by atoms with E-state index in [-0.39, 0.29) is 23.0 Å². The molecule has 4 N–H and O–H groups in total. The van der Waals surface area contributed by atoms with Gasteiger partial charge >= 0.3 is 5.97 Å². The summed E-state index contributed by atoms with van der Waals surface area (Å²) in [6, 6.07) is 15.0. The third-order valence-electron chi connectivity index (χ3n) is 6.62. The third-order valence-corrected chi connectivity index (χ3v) is 7.93. The Morgan fingerprint density at radius 3 is 2.68 bits per heavy atom. The van der Waals surface area contributed by atoms with Crippen LogP contribution in [-0.2, 0) is 9.59 Å². The quantitative estimate of drug-likeness (QED) is 0.281. The molecule has 2 aromatic carbocycles. The van der Waals surface area contributed by atoms with Gasteiger partial charge in [0.15, 0.2) is 0 Å². The number of nitrogens with two attached hydrogens (primary N) is 1. The molecule has 7 nitrogen and oxygen atoms in total. The number of anilines is 1. The van der Waals surface area contributed by atoms with Crippen molar-refractivity contribution in [2.24, 2.45) is 5.73 Å². The lowest BCUT2D eigenvalue weighted by molar-refractivity contribution is -0.144. The number of benzene rings is 2. The lowest BCUT2D eigenvalue weighted by Crippen LogP contribution is -2.45. The van der Waals surface area contributed by atoms with Gasteiger partial charge in [0.05, 0.1) is 5.69 Å². The lowest BCUT2D eigenvalue weighted by atomic mass is 10.0. The number of carbonyl (C=O) groups excluding carboxylic acids is 1. The number of amides is 1. The minimum absolute atomic E-state index is 0.00814. The second-order valence-electron chi connectivity index (χ2n) is 8.94. The van der Waals surface area contributed by atoms with Crippen LogP contribution in [-0.4, -0.2) is 53.4 Å². The van der Waals surface area contributed by atoms with E-state index in [9.17, 15) is 14.7 Å². The van der Waals surface area contributed by atoms with E-state index in [0.717, 1.165) is 67.8 Å². The van der Waals surface area contributed by atoms with Crippen LogP contribution in [0.25, 0.3) is 0 Å². The zero-order chi connectivity index (χ0) is 24.1. The highest BCUT2D eigenvalue weighted by Crippen LogP contribution is 2.46. The molecule has 0 bridgehead atoms. The van der Waals surface area contributed by atoms with Gasteiger partial charge in [0.2, 0.25) is 5.91 Å². The van der Waals surface area contributed by atoms with E-state index >= 15 is 0 Å². The Kier molecular flexibility index (Phi) is 7.90. The number of fused-ring (bicyclic) bond motifs is 1. The molecule has 2 aliphatic heterocycles. The Morgan fingerprint density at radius 2 is 1.88 bits per heavy atom. The molecular formula is C26H32N4O3S. The molecule has 0 aromatic heterocycles. The number of piperidine rings is 1. The van der Waals surface area contributed by atoms with Gasteiger partial charge in [-0.05, 0) is 62.5 Å². The molecule has 1 saturated heterocycles. The highest BCUT2D eigenvalue weighted by atomic mass is 32.2. The summed E-state index contributed by atoms with van der Waals surface area (Å²) in [6.07, 6.45) is 5.50. The van der Waals surface area contributed by atoms with Gasteiger partial charge in [0, 0.05) is 17.0 Å². The summed E-state index contributed by atoms with van der Waals surface area (Å²) < 4.78 is 0. The molecule has 4 rings (SSSR count). The van der Waals surface area contributed by atoms with Crippen molar-refractivity contribution in [1.82, 2.24) is 4.90 Å². The van der Waals surface area contributed by atoms with Crippen LogP contribution in [0.4, 0.5) is 5.69 Å². The normalized spacial score (nSPS) is 20.7. The van der Waals surface area contributed by atoms with E-state index < -0.39 is 5.97 Å². The summed E-state index contributed by atoms with van der Waals surface area (Å²) in [6.45, 7) is 2.27. The van der Waals surface area contributed by atoms with Crippen molar-refractivity contribution in [1.29, 1.82) is 5.41 Å². The van der Waals surface area contributed by atoms with Crippen molar-refractivity contribution >= 4 is 35.2 Å². The van der Waals surface area contributed by atoms with E-state index in [1.165, 1.54) is 0 Å². The van der Waals surface area contributed by atoms with E-state index in [2.05, 4.69) is 4.90 Å². The van der Waals surface area contributed by atoms with Gasteiger partial charge in [-0.3, -0.25) is 19.9 Å². The van der Waals surface area contributed by atoms with Gasteiger partial charge in [-0.2, -0.15) is 0 Å². The van der Waals surface area contributed by atoms with Crippen LogP contribution in [0.5, 0.6) is 0 Å². The highest BCUT2D eigenvalue weighted by molar-refractivity contribution is 8.00. The molecule has 34 heavy (non-hydrogen) atoms. The molecule has 8 heteroatoms. The van der Waals surface area contributed by atoms with Crippen molar-refractivity contribution in [2.75, 3.05) is 24.5 Å². The average molecular weight is 481 g/mol. The number of nitrogen functional groups attached to an aromatic ring is 1. The minimum atomic E-state index is -0.715. The Labute approximate surface area is 204 Å². The monoisotopic (exact) mass is 480 g/mol. The lowest BCUT2D eigenvalue weighted by Gasteiger charge is -2.34. The van der Waals surface area contributed by atoms with Crippen molar-refractivity contribution in [2.45, 2.75) is 54.7 Å². The average Bonchev–Trinajstić information content (AvgIpc) is 2.85. The fourth-order valence-corrected chi connectivity index (χ4v) is 6.05. The van der Waals surface area contributed by atoms with Gasteiger partial charge in [0.1, 0.15) is 17.1 Å². The van der Waals surface area contributed by atoms with Crippen molar-refractivity contribution < 1.29 is 14.7 Å². The number of hydrogen-bond acceptors (Lipinski definition) is 5. The Hall–Kier alpha value is -2.84. The van der Waals surface area contributed by atoms with E-state index in [4.69, 9.17) is 11.1 Å². The van der Waals surface area contributed by atoms with Crippen LogP contribution in [0.1, 0.15) is 54.9 Å². The maximum Gasteiger partial charge on any atom is 0.320 e. The summed E-state index contributed by atoms with van der Waals surface area (Å²) in [5, 5.41) is 16.8. The van der Waals surface area contributed by atoms with Crippen LogP contribution in [0, 0.1) is 5.41 Å². The van der Waals surface area contributed by atoms with Gasteiger partial charge in [-0.1, -0.05) is 43.2 Å². The maximum atomic E-state index is 13.5. The summed E-state index contributed by atoms with van der Waals surface area (Å²) in [4.78, 5) is 30.1. The second kappa shape index (κ2) is 11.1. The first-order valence-corrected chi connectivity index (χ1v) is 12.8. The number of rotatable bonds is 9. The fourth-order valence-electron chi connectivity index (χ4n) is 4.83. The number of thioether (sulfide) groups is 1. The Balaban J connectivity index is 1.40. The van der Waals surface area contributed by atoms with E-state index in [1.54, 1.807) is 17.8 Å². The zero-order valence-corrected chi connectivity index (χ0v) is 20.1. The first-order chi connectivity index (χ1) is 16.5. The molecule has 2 aromatic rings. The summed E-state index contributed by atoms with van der Waals surface area (Å²) >= 11 is 1.54. The number of carboxylic acid groups (broad SMARTS) is 1. The topological polar surface area (TPSA) is 111 Å². The first kappa shape index (κ1) is 24.3. The van der Waals surface area contributed by atoms with Crippen molar-refractivity contribution in [3.8, 4) is 0 Å². The molecule has 2 aliphatic rings. The van der Waals surface area contributed by atoms with Crippen LogP contribution < -0.4 is 10.6 Å². The fraction of sp³-hybridized carbons (Fsp3) is 0.423. The van der Waals surface area contributed by atoms with Crippen LogP contribution in [0.15, 0.2) is 53.4 Å². The number of carboxylic acids is 1. The number of nitrogens with zero attached hydrogens (tertiary/aromatic N) is 2. The third kappa shape index (κ3) is 5.45. The Morgan fingerprint density at radius 1 is 1.09 bits per heavy atom. The number of carbonyl (C=O) groups is 2. The number of para-hydroxylation sites is 1. The van der Waals surface area contributed by atoms with Crippen molar-refractivity contribution in [3.05, 3.63) is 59.7 Å². The molecule has 0 radical (unpaired) electrons. The predicted molar refractivity (Wildman–Crippen MR) is 136 cm³/mol. The van der Waals surface area contributed by atoms with Gasteiger partial charge < -0.3 is 15.7 Å². The largest absolute Gasteiger partial charge is 0.480 e. The van der Waals surface area contributed by atoms with Crippen LogP contribution in [0.3, 0.4) is 0 Å². The minimum Gasteiger partial charge on any atom is -0.480 e. The standard InChI is InChI=1S/C26H32N4O3S/c27-24(28)19-10-8-9-18(17-19)23-25(31)30(20-11-2-3-13-22(20)34-23)16-6-1-5-14-29-15-7-4-12-21(29)26(32)33/h2-3,8-11,13,17,21,23H,1,4-7,12,14-16H2,(H3,27,28)(H,32,33). The van der Waals surface area contributed by atoms with Crippen LogP contribution in [0.2, 0.25) is 0 Å². The van der Waals surface area contributed by atoms with E-state index in [0.29, 0.717) is 12.1 Å². The molecule has 2 unspecified atom stereocenters. The summed E-state index contributed by atoms with van der Waals surface area (Å²) in [5.41, 5.74) is 8.08. The van der Waals surface area contributed by atoms with Gasteiger partial charge in [0.25, 0.3) is 0 Å². The number of hydrogen-bond donors (Lipinski definition) is 3. The molecule has 1 fully saturated rings. The smallest absolute Gasteiger partial charge is 0.320 e. The molecule has 2 atom stereocenters. The van der Waals surface area contributed by atoms with Gasteiger partial charge in [-0.15, -0.1) is 11.8 Å². The molecule has 0 aliphatic carbocycles. The first-order valence-electron chi connectivity index (χ1n) is 11.9. The number of aliphatic carboxylic acids is 1. The number of unbranched alkanes of at least 4 members (excludes halogenated alkanes) is 2. The van der Waals surface area contributed by atoms with Crippen LogP contribution >= 0.6 is 11.8 Å². The number of amidine groups is 1. The SMILES string of the molecule is N=C(N)c1cccc(C2Sc3ccccc3N(CCCCCN3CCCCC3C(=O)O)C2=O)c1. The predicted octanol–water partition coefficient (Wildman–Crippen LogP) is 4.26. The molecule has 180 valence electrons. The molecular weight excluding hydrogens is 448 g/mol. The summed E-state index contributed by atoms with van der Waals surface area (Å²) in [5.74, 6) is -0.676. The zero-order valence-electron chi connectivity index (χ0n) is 19.3. The maximum absolute atomic E-state index is 13.5. The number of likely N-dealkylation sites (tertiary alicyclic amines) is 1. The summed E-state index contributed by atoms with van der Waals surface area (Å²) in [7, 11) is 0. The second-order valence-corrected chi connectivity index (χ2v) is 10.1. The Bertz CT molecular complexity index is 1060. The molecule has 2 heterocycles.